The molecule has 52 valence electrons. The lowest BCUT2D eigenvalue weighted by atomic mass is 10.4. The molecular weight excluding hydrogens is 262 g/mol. The topological polar surface area (TPSA) is 30.0 Å². The van der Waals surface area contributed by atoms with Gasteiger partial charge in [-0.15, -0.1) is 0 Å². The van der Waals surface area contributed by atoms with Gasteiger partial charge in [-0.25, -0.2) is 0 Å². The molecule has 1 heterocycles. The SMILES string of the molecule is O=Cc1nccc(Br)c1Br. The Labute approximate surface area is 74.9 Å². The highest BCUT2D eigenvalue weighted by Gasteiger charge is 2.01. The minimum absolute atomic E-state index is 0.411. The van der Waals surface area contributed by atoms with Crippen molar-refractivity contribution in [3.05, 3.63) is 26.9 Å². The number of aromatic nitrogens is 1. The van der Waals surface area contributed by atoms with E-state index >= 15 is 0 Å². The van der Waals surface area contributed by atoms with E-state index in [4.69, 9.17) is 0 Å². The smallest absolute Gasteiger partial charge is 0.169 e. The van der Waals surface area contributed by atoms with Gasteiger partial charge < -0.3 is 0 Å². The molecule has 0 N–H and O–H groups in total. The molecular formula is C6H3Br2NO. The Morgan fingerprint density at radius 1 is 1.50 bits per heavy atom. The van der Waals surface area contributed by atoms with E-state index in [0.29, 0.717) is 16.5 Å². The molecule has 0 aliphatic heterocycles. The van der Waals surface area contributed by atoms with Crippen molar-refractivity contribution in [2.45, 2.75) is 0 Å². The van der Waals surface area contributed by atoms with Crippen LogP contribution < -0.4 is 0 Å². The second-order valence-electron chi connectivity index (χ2n) is 1.61. The number of pyridine rings is 1. The minimum Gasteiger partial charge on any atom is -0.296 e. The van der Waals surface area contributed by atoms with Crippen LogP contribution in [0.25, 0.3) is 0 Å². The molecule has 4 heteroatoms. The van der Waals surface area contributed by atoms with E-state index in [1.165, 1.54) is 0 Å². The van der Waals surface area contributed by atoms with Crippen molar-refractivity contribution in [2.24, 2.45) is 0 Å². The highest BCUT2D eigenvalue weighted by atomic mass is 79.9. The van der Waals surface area contributed by atoms with Crippen LogP contribution in [0.5, 0.6) is 0 Å². The fourth-order valence-electron chi connectivity index (χ4n) is 0.517. The third-order valence-electron chi connectivity index (χ3n) is 0.981. The Morgan fingerprint density at radius 3 is 2.70 bits per heavy atom. The van der Waals surface area contributed by atoms with Gasteiger partial charge in [-0.05, 0) is 37.9 Å². The van der Waals surface area contributed by atoms with Crippen molar-refractivity contribution in [2.75, 3.05) is 0 Å². The molecule has 0 fully saturated rings. The van der Waals surface area contributed by atoms with Gasteiger partial charge in [0.05, 0.1) is 4.47 Å². The molecule has 10 heavy (non-hydrogen) atoms. The Balaban J connectivity index is 3.27. The van der Waals surface area contributed by atoms with Crippen LogP contribution in [0.15, 0.2) is 21.2 Å². The lowest BCUT2D eigenvalue weighted by molar-refractivity contribution is 0.111. The zero-order chi connectivity index (χ0) is 7.56. The normalized spacial score (nSPS) is 9.40. The predicted octanol–water partition coefficient (Wildman–Crippen LogP) is 2.42. The molecule has 0 aliphatic carbocycles. The van der Waals surface area contributed by atoms with Gasteiger partial charge in [0, 0.05) is 10.7 Å². The number of rotatable bonds is 1. The van der Waals surface area contributed by atoms with Crippen LogP contribution in [-0.4, -0.2) is 11.3 Å². The third kappa shape index (κ3) is 1.44. The fourth-order valence-corrected chi connectivity index (χ4v) is 1.17. The van der Waals surface area contributed by atoms with Crippen LogP contribution in [0.2, 0.25) is 0 Å². The van der Waals surface area contributed by atoms with E-state index in [1.807, 2.05) is 0 Å². The summed E-state index contributed by atoms with van der Waals surface area (Å²) < 4.78 is 1.54. The molecule has 0 bridgehead atoms. The van der Waals surface area contributed by atoms with Crippen LogP contribution in [0.1, 0.15) is 10.5 Å². The Morgan fingerprint density at radius 2 is 2.20 bits per heavy atom. The Bertz CT molecular complexity index is 262. The molecule has 0 atom stereocenters. The molecule has 0 saturated heterocycles. The van der Waals surface area contributed by atoms with Crippen LogP contribution in [0, 0.1) is 0 Å². The second kappa shape index (κ2) is 3.25. The number of aldehydes is 1. The lowest BCUT2D eigenvalue weighted by Gasteiger charge is -1.95. The molecule has 0 amide bonds. The fraction of sp³-hybridized carbons (Fsp3) is 0. The van der Waals surface area contributed by atoms with E-state index in [2.05, 4.69) is 36.8 Å². The number of hydrogen-bond acceptors (Lipinski definition) is 2. The standard InChI is InChI=1S/C6H3Br2NO/c7-4-1-2-9-5(3-10)6(4)8/h1-3H. The van der Waals surface area contributed by atoms with Crippen LogP contribution >= 0.6 is 31.9 Å². The van der Waals surface area contributed by atoms with Gasteiger partial charge in [0.2, 0.25) is 0 Å². The second-order valence-corrected chi connectivity index (χ2v) is 3.26. The highest BCUT2D eigenvalue weighted by Crippen LogP contribution is 2.23. The predicted molar refractivity (Wildman–Crippen MR) is 45.0 cm³/mol. The summed E-state index contributed by atoms with van der Waals surface area (Å²) in [6.45, 7) is 0. The summed E-state index contributed by atoms with van der Waals surface area (Å²) in [6, 6.07) is 1.76. The summed E-state index contributed by atoms with van der Waals surface area (Å²) in [5.74, 6) is 0. The van der Waals surface area contributed by atoms with E-state index in [9.17, 15) is 4.79 Å². The van der Waals surface area contributed by atoms with Gasteiger partial charge in [-0.3, -0.25) is 9.78 Å². The molecule has 1 aromatic rings. The maximum Gasteiger partial charge on any atom is 0.169 e. The zero-order valence-corrected chi connectivity index (χ0v) is 8.02. The first-order valence-corrected chi connectivity index (χ1v) is 4.09. The van der Waals surface area contributed by atoms with E-state index in [1.54, 1.807) is 12.3 Å². The van der Waals surface area contributed by atoms with Gasteiger partial charge in [0.1, 0.15) is 5.69 Å². The summed E-state index contributed by atoms with van der Waals surface area (Å²) in [4.78, 5) is 14.1. The van der Waals surface area contributed by atoms with Crippen molar-refractivity contribution < 1.29 is 4.79 Å². The molecule has 0 aromatic carbocycles. The van der Waals surface area contributed by atoms with Gasteiger partial charge >= 0.3 is 0 Å². The van der Waals surface area contributed by atoms with Gasteiger partial charge in [0.25, 0.3) is 0 Å². The van der Waals surface area contributed by atoms with Crippen molar-refractivity contribution in [1.82, 2.24) is 4.98 Å². The number of carbonyl (C=O) groups excluding carboxylic acids is 1. The molecule has 1 rings (SSSR count). The molecule has 0 radical (unpaired) electrons. The van der Waals surface area contributed by atoms with Gasteiger partial charge in [-0.2, -0.15) is 0 Å². The largest absolute Gasteiger partial charge is 0.296 e. The van der Waals surface area contributed by atoms with Crippen LogP contribution in [0.4, 0.5) is 0 Å². The first kappa shape index (κ1) is 7.88. The van der Waals surface area contributed by atoms with E-state index in [0.717, 1.165) is 4.47 Å². The van der Waals surface area contributed by atoms with Gasteiger partial charge in [-0.1, -0.05) is 0 Å². The molecule has 0 saturated carbocycles. The molecule has 0 unspecified atom stereocenters. The molecule has 0 spiro atoms. The average Bonchev–Trinajstić information content (AvgIpc) is 1.95. The number of nitrogens with zero attached hydrogens (tertiary/aromatic N) is 1. The third-order valence-corrected chi connectivity index (χ3v) is 3.01. The van der Waals surface area contributed by atoms with Gasteiger partial charge in [0.15, 0.2) is 6.29 Å². The quantitative estimate of drug-likeness (QED) is 0.730. The van der Waals surface area contributed by atoms with Crippen molar-refractivity contribution in [3.8, 4) is 0 Å². The zero-order valence-electron chi connectivity index (χ0n) is 4.84. The molecule has 1 aromatic heterocycles. The van der Waals surface area contributed by atoms with Crippen molar-refractivity contribution in [1.29, 1.82) is 0 Å². The molecule has 0 aliphatic rings. The van der Waals surface area contributed by atoms with E-state index < -0.39 is 0 Å². The Hall–Kier alpha value is -0.220. The number of halogens is 2. The van der Waals surface area contributed by atoms with E-state index in [-0.39, 0.29) is 0 Å². The van der Waals surface area contributed by atoms with Crippen molar-refractivity contribution >= 4 is 38.1 Å². The summed E-state index contributed by atoms with van der Waals surface area (Å²) in [5, 5.41) is 0. The first-order valence-electron chi connectivity index (χ1n) is 2.51. The maximum atomic E-state index is 10.3. The molecule has 2 nitrogen and oxygen atoms in total. The summed E-state index contributed by atoms with van der Waals surface area (Å²) in [6.07, 6.45) is 2.27. The highest BCUT2D eigenvalue weighted by molar-refractivity contribution is 9.13. The monoisotopic (exact) mass is 263 g/mol. The first-order chi connectivity index (χ1) is 4.75. The Kier molecular flexibility index (Phi) is 2.56. The van der Waals surface area contributed by atoms with Crippen LogP contribution in [-0.2, 0) is 0 Å². The maximum absolute atomic E-state index is 10.3. The number of hydrogen-bond donors (Lipinski definition) is 0. The summed E-state index contributed by atoms with van der Waals surface area (Å²) in [7, 11) is 0. The minimum atomic E-state index is 0.411. The number of carbonyl (C=O) groups is 1. The van der Waals surface area contributed by atoms with Crippen molar-refractivity contribution in [3.63, 3.8) is 0 Å². The summed E-state index contributed by atoms with van der Waals surface area (Å²) in [5.41, 5.74) is 0.411. The van der Waals surface area contributed by atoms with Crippen LogP contribution in [0.3, 0.4) is 0 Å². The lowest BCUT2D eigenvalue weighted by Crippen LogP contribution is -1.87. The summed E-state index contributed by atoms with van der Waals surface area (Å²) >= 11 is 6.44. The average molecular weight is 265 g/mol.